The molecule has 15 nitrogen and oxygen atoms in total. The molecular formula is C46H80O15. The summed E-state index contributed by atoms with van der Waals surface area (Å²) in [5.74, 6) is -0.948. The number of allylic oxidation sites excluding steroid dienone is 6. The van der Waals surface area contributed by atoms with Gasteiger partial charge in [0.05, 0.1) is 19.8 Å². The van der Waals surface area contributed by atoms with Gasteiger partial charge in [0.25, 0.3) is 0 Å². The van der Waals surface area contributed by atoms with Gasteiger partial charge in [-0.3, -0.25) is 9.59 Å². The van der Waals surface area contributed by atoms with Gasteiger partial charge in [-0.1, -0.05) is 127 Å². The van der Waals surface area contributed by atoms with Gasteiger partial charge < -0.3 is 64.2 Å². The Kier molecular flexibility index (Phi) is 30.7. The molecular weight excluding hydrogens is 792 g/mol. The van der Waals surface area contributed by atoms with Crippen LogP contribution in [0.2, 0.25) is 0 Å². The Morgan fingerprint density at radius 1 is 0.541 bits per heavy atom. The number of carbonyl (C=O) groups excluding carboxylic acids is 2. The average molecular weight is 873 g/mol. The number of aliphatic hydroxyl groups is 7. The number of hydrogen-bond donors (Lipinski definition) is 7. The average Bonchev–Trinajstić information content (AvgIpc) is 3.25. The lowest BCUT2D eigenvalue weighted by Crippen LogP contribution is -2.61. The van der Waals surface area contributed by atoms with Crippen molar-refractivity contribution >= 4 is 11.9 Å². The van der Waals surface area contributed by atoms with E-state index in [4.69, 9.17) is 28.4 Å². The summed E-state index contributed by atoms with van der Waals surface area (Å²) in [5.41, 5.74) is 0. The Morgan fingerprint density at radius 2 is 1.03 bits per heavy atom. The molecule has 2 rings (SSSR count). The fraction of sp³-hybridized carbons (Fsp3) is 0.826. The van der Waals surface area contributed by atoms with Crippen LogP contribution in [0.1, 0.15) is 149 Å². The normalized spacial score (nSPS) is 27.6. The summed E-state index contributed by atoms with van der Waals surface area (Å²) >= 11 is 0. The Balaban J connectivity index is 1.86. The molecule has 11 unspecified atom stereocenters. The van der Waals surface area contributed by atoms with Crippen LogP contribution in [0.4, 0.5) is 0 Å². The van der Waals surface area contributed by atoms with E-state index in [0.717, 1.165) is 70.6 Å². The lowest BCUT2D eigenvalue weighted by Gasteiger charge is -2.42. The first-order valence-corrected chi connectivity index (χ1v) is 23.1. The maximum atomic E-state index is 12.9. The second-order valence-electron chi connectivity index (χ2n) is 16.2. The Labute approximate surface area is 364 Å². The van der Waals surface area contributed by atoms with Crippen molar-refractivity contribution in [1.29, 1.82) is 0 Å². The summed E-state index contributed by atoms with van der Waals surface area (Å²) in [6.45, 7) is 2.42. The van der Waals surface area contributed by atoms with E-state index in [2.05, 4.69) is 50.3 Å². The van der Waals surface area contributed by atoms with Gasteiger partial charge in [0.2, 0.25) is 0 Å². The first kappa shape index (κ1) is 54.9. The third-order valence-corrected chi connectivity index (χ3v) is 10.9. The highest BCUT2D eigenvalue weighted by molar-refractivity contribution is 5.70. The SMILES string of the molecule is CC/C=C\C/C=C\C/C=C\CCCCCCCC(=O)OC(COC(=O)CCCCCCCCCCCC)COC1OC(COC2OC(CO)C(O)C(O)C2O)C(O)C(O)C1O. The Morgan fingerprint density at radius 3 is 1.62 bits per heavy atom. The van der Waals surface area contributed by atoms with E-state index in [1.54, 1.807) is 0 Å². The zero-order chi connectivity index (χ0) is 44.7. The molecule has 2 saturated heterocycles. The van der Waals surface area contributed by atoms with Gasteiger partial charge in [0, 0.05) is 12.8 Å². The number of ether oxygens (including phenoxy) is 6. The molecule has 0 amide bonds. The van der Waals surface area contributed by atoms with E-state index in [1.807, 2.05) is 0 Å². The summed E-state index contributed by atoms with van der Waals surface area (Å²) in [5, 5.41) is 71.8. The standard InChI is InChI=1S/C46H80O15/c1-3-5-7-9-11-13-15-16-17-18-19-21-23-25-27-29-38(49)59-34(31-56-37(48)28-26-24-22-20-14-12-10-8-6-4-2)32-57-45-44(55)42(53)40(51)36(61-45)33-58-46-43(54)41(52)39(50)35(30-47)60-46/h5,7,11,13,16-17,34-36,39-47,50-55H,3-4,6,8-10,12,14-15,18-33H2,1-2H3/b7-5-,13-11-,17-16-. The molecule has 2 heterocycles. The highest BCUT2D eigenvalue weighted by atomic mass is 16.7. The number of aliphatic hydroxyl groups excluding tert-OH is 7. The monoisotopic (exact) mass is 873 g/mol. The molecule has 0 aromatic carbocycles. The van der Waals surface area contributed by atoms with Crippen LogP contribution in [0.25, 0.3) is 0 Å². The molecule has 0 spiro atoms. The lowest BCUT2D eigenvalue weighted by atomic mass is 9.98. The second-order valence-corrected chi connectivity index (χ2v) is 16.2. The van der Waals surface area contributed by atoms with Crippen molar-refractivity contribution in [3.05, 3.63) is 36.5 Å². The molecule has 0 bridgehead atoms. The van der Waals surface area contributed by atoms with Gasteiger partial charge in [0.15, 0.2) is 18.7 Å². The number of carbonyl (C=O) groups is 2. The minimum absolute atomic E-state index is 0.146. The molecule has 0 radical (unpaired) electrons. The number of esters is 2. The quantitative estimate of drug-likeness (QED) is 0.0257. The third kappa shape index (κ3) is 23.3. The van der Waals surface area contributed by atoms with E-state index in [0.29, 0.717) is 12.8 Å². The van der Waals surface area contributed by atoms with E-state index < -0.39 is 92.7 Å². The predicted molar refractivity (Wildman–Crippen MR) is 229 cm³/mol. The van der Waals surface area contributed by atoms with Gasteiger partial charge in [-0.25, -0.2) is 0 Å². The fourth-order valence-corrected chi connectivity index (χ4v) is 7.05. The summed E-state index contributed by atoms with van der Waals surface area (Å²) in [4.78, 5) is 25.6. The minimum atomic E-state index is -1.77. The summed E-state index contributed by atoms with van der Waals surface area (Å²) in [6.07, 6.45) is 16.2. The van der Waals surface area contributed by atoms with Crippen LogP contribution in [-0.2, 0) is 38.0 Å². The topological polar surface area (TPSA) is 231 Å². The van der Waals surface area contributed by atoms with Gasteiger partial charge in [-0.15, -0.1) is 0 Å². The van der Waals surface area contributed by atoms with Gasteiger partial charge in [-0.05, 0) is 44.9 Å². The van der Waals surface area contributed by atoms with Crippen LogP contribution in [0.5, 0.6) is 0 Å². The summed E-state index contributed by atoms with van der Waals surface area (Å²) in [7, 11) is 0. The van der Waals surface area contributed by atoms with E-state index >= 15 is 0 Å². The molecule has 11 atom stereocenters. The van der Waals surface area contributed by atoms with Crippen molar-refractivity contribution in [1.82, 2.24) is 0 Å². The molecule has 0 aromatic rings. The van der Waals surface area contributed by atoms with E-state index in [1.165, 1.54) is 38.5 Å². The highest BCUT2D eigenvalue weighted by Gasteiger charge is 2.47. The third-order valence-electron chi connectivity index (χ3n) is 10.9. The number of rotatable bonds is 34. The molecule has 2 fully saturated rings. The molecule has 2 aliphatic heterocycles. The van der Waals surface area contributed by atoms with Gasteiger partial charge >= 0.3 is 11.9 Å². The van der Waals surface area contributed by atoms with E-state index in [-0.39, 0.29) is 26.1 Å². The Hall–Kier alpha value is -2.28. The van der Waals surface area contributed by atoms with Crippen molar-refractivity contribution in [3.8, 4) is 0 Å². The van der Waals surface area contributed by atoms with Crippen LogP contribution < -0.4 is 0 Å². The molecule has 0 aromatic heterocycles. The first-order chi connectivity index (χ1) is 29.5. The molecule has 0 aliphatic carbocycles. The van der Waals surface area contributed by atoms with Crippen LogP contribution in [-0.4, -0.2) is 142 Å². The summed E-state index contributed by atoms with van der Waals surface area (Å²) in [6, 6.07) is 0. The van der Waals surface area contributed by atoms with Crippen LogP contribution in [0.3, 0.4) is 0 Å². The van der Waals surface area contributed by atoms with Gasteiger partial charge in [0.1, 0.15) is 55.4 Å². The smallest absolute Gasteiger partial charge is 0.306 e. The van der Waals surface area contributed by atoms with Crippen molar-refractivity contribution < 1.29 is 73.8 Å². The maximum Gasteiger partial charge on any atom is 0.306 e. The van der Waals surface area contributed by atoms with Crippen molar-refractivity contribution in [2.45, 2.75) is 216 Å². The maximum absolute atomic E-state index is 12.9. The van der Waals surface area contributed by atoms with Crippen LogP contribution in [0, 0.1) is 0 Å². The van der Waals surface area contributed by atoms with E-state index in [9.17, 15) is 45.3 Å². The number of unbranched alkanes of at least 4 members (excludes halogenated alkanes) is 14. The van der Waals surface area contributed by atoms with Crippen LogP contribution >= 0.6 is 0 Å². The van der Waals surface area contributed by atoms with Gasteiger partial charge in [-0.2, -0.15) is 0 Å². The lowest BCUT2D eigenvalue weighted by molar-refractivity contribution is -0.332. The fourth-order valence-electron chi connectivity index (χ4n) is 7.05. The predicted octanol–water partition coefficient (Wildman–Crippen LogP) is 4.98. The molecule has 15 heteroatoms. The zero-order valence-corrected chi connectivity index (χ0v) is 36.9. The zero-order valence-electron chi connectivity index (χ0n) is 36.9. The largest absolute Gasteiger partial charge is 0.462 e. The van der Waals surface area contributed by atoms with Crippen molar-refractivity contribution in [2.75, 3.05) is 26.4 Å². The molecule has 2 aliphatic rings. The molecule has 354 valence electrons. The summed E-state index contributed by atoms with van der Waals surface area (Å²) < 4.78 is 33.4. The van der Waals surface area contributed by atoms with Crippen molar-refractivity contribution in [2.24, 2.45) is 0 Å². The first-order valence-electron chi connectivity index (χ1n) is 23.1. The number of hydrogen-bond acceptors (Lipinski definition) is 15. The Bertz CT molecular complexity index is 1210. The molecule has 0 saturated carbocycles. The van der Waals surface area contributed by atoms with Crippen LogP contribution in [0.15, 0.2) is 36.5 Å². The van der Waals surface area contributed by atoms with Crippen molar-refractivity contribution in [3.63, 3.8) is 0 Å². The molecule has 61 heavy (non-hydrogen) atoms. The second kappa shape index (κ2) is 34.2. The minimum Gasteiger partial charge on any atom is -0.462 e. The highest BCUT2D eigenvalue weighted by Crippen LogP contribution is 2.26. The molecule has 7 N–H and O–H groups in total.